The minimum absolute atomic E-state index is 0.0657. The summed E-state index contributed by atoms with van der Waals surface area (Å²) in [5.74, 6) is -1.95. The van der Waals surface area contributed by atoms with Crippen molar-refractivity contribution < 1.29 is 33.0 Å². The number of amides is 3. The van der Waals surface area contributed by atoms with Crippen molar-refractivity contribution in [3.05, 3.63) is 94.6 Å². The summed E-state index contributed by atoms with van der Waals surface area (Å²) in [5, 5.41) is 17.3. The number of likely N-dealkylation sites (tertiary alicyclic amines) is 1. The van der Waals surface area contributed by atoms with E-state index in [1.165, 1.54) is 6.07 Å². The van der Waals surface area contributed by atoms with E-state index in [4.69, 9.17) is 4.74 Å². The highest BCUT2D eigenvalue weighted by molar-refractivity contribution is 6.00. The Labute approximate surface area is 281 Å². The van der Waals surface area contributed by atoms with E-state index in [1.807, 2.05) is 13.8 Å². The van der Waals surface area contributed by atoms with E-state index < -0.39 is 29.7 Å². The van der Waals surface area contributed by atoms with Crippen LogP contribution in [-0.4, -0.2) is 84.1 Å². The number of benzene rings is 3. The summed E-state index contributed by atoms with van der Waals surface area (Å²) >= 11 is 0. The highest BCUT2D eigenvalue weighted by Gasteiger charge is 2.25. The van der Waals surface area contributed by atoms with E-state index in [9.17, 15) is 28.3 Å². The van der Waals surface area contributed by atoms with Crippen LogP contribution < -0.4 is 15.4 Å². The standard InChI is InChI=1S/C37H46F2N4O5/c1-4-12-43(13-5-2)37(47)28-17-25(3)16-27(21-28)36(46)41-32(20-26-18-29(38)22-30(39)19-26)33(44)23-40-31-10-6-7-11-34(31)48-24-35(45)42-14-8-9-15-42/h6-7,10-11,16-19,21-22,32-33,40,44H,4-5,8-9,12-15,20,23-24H2,1-3H3,(H,41,46). The van der Waals surface area contributed by atoms with Crippen LogP contribution in [0.2, 0.25) is 0 Å². The van der Waals surface area contributed by atoms with E-state index >= 15 is 0 Å². The summed E-state index contributed by atoms with van der Waals surface area (Å²) in [6.07, 6.45) is 2.24. The molecule has 0 aromatic heterocycles. The highest BCUT2D eigenvalue weighted by atomic mass is 19.1. The number of ether oxygens (including phenoxy) is 1. The molecule has 0 spiro atoms. The molecule has 3 amide bonds. The number of carbonyl (C=O) groups is 3. The second-order valence-corrected chi connectivity index (χ2v) is 12.3. The van der Waals surface area contributed by atoms with Gasteiger partial charge in [0.2, 0.25) is 0 Å². The third-order valence-corrected chi connectivity index (χ3v) is 8.22. The molecule has 11 heteroatoms. The molecule has 3 aromatic rings. The van der Waals surface area contributed by atoms with Gasteiger partial charge in [0.15, 0.2) is 6.61 Å². The van der Waals surface area contributed by atoms with Crippen molar-refractivity contribution in [1.82, 2.24) is 15.1 Å². The van der Waals surface area contributed by atoms with Crippen molar-refractivity contribution in [1.29, 1.82) is 0 Å². The molecular formula is C37H46F2N4O5. The third kappa shape index (κ3) is 10.2. The Kier molecular flexibility index (Phi) is 13.3. The lowest BCUT2D eigenvalue weighted by molar-refractivity contribution is -0.132. The predicted molar refractivity (Wildman–Crippen MR) is 181 cm³/mol. The van der Waals surface area contributed by atoms with Gasteiger partial charge in [-0.05, 0) is 92.6 Å². The molecule has 0 radical (unpaired) electrons. The average molecular weight is 665 g/mol. The summed E-state index contributed by atoms with van der Waals surface area (Å²) in [6, 6.07) is 14.0. The molecule has 0 saturated carbocycles. The molecule has 1 aliphatic rings. The Morgan fingerprint density at radius 3 is 2.25 bits per heavy atom. The van der Waals surface area contributed by atoms with Crippen molar-refractivity contribution in [3.63, 3.8) is 0 Å². The number of anilines is 1. The van der Waals surface area contributed by atoms with Crippen LogP contribution in [0.4, 0.5) is 14.5 Å². The number of nitrogens with zero attached hydrogens (tertiary/aromatic N) is 2. The monoisotopic (exact) mass is 664 g/mol. The van der Waals surface area contributed by atoms with Crippen molar-refractivity contribution in [2.75, 3.05) is 44.6 Å². The summed E-state index contributed by atoms with van der Waals surface area (Å²) in [7, 11) is 0. The van der Waals surface area contributed by atoms with Crippen LogP contribution >= 0.6 is 0 Å². The number of aliphatic hydroxyl groups is 1. The molecule has 1 aliphatic heterocycles. The van der Waals surface area contributed by atoms with Crippen LogP contribution in [-0.2, 0) is 11.2 Å². The lowest BCUT2D eigenvalue weighted by Gasteiger charge is -2.26. The minimum Gasteiger partial charge on any atom is -0.482 e. The first-order chi connectivity index (χ1) is 23.1. The largest absolute Gasteiger partial charge is 0.482 e. The van der Waals surface area contributed by atoms with Gasteiger partial charge >= 0.3 is 0 Å². The maximum atomic E-state index is 14.1. The highest BCUT2D eigenvalue weighted by Crippen LogP contribution is 2.24. The number of rotatable bonds is 16. The minimum atomic E-state index is -1.23. The second-order valence-electron chi connectivity index (χ2n) is 12.3. The fraction of sp³-hybridized carbons (Fsp3) is 0.432. The number of aliphatic hydroxyl groups excluding tert-OH is 1. The van der Waals surface area contributed by atoms with Crippen LogP contribution in [0.15, 0.2) is 60.7 Å². The van der Waals surface area contributed by atoms with Gasteiger partial charge in [0, 0.05) is 49.9 Å². The van der Waals surface area contributed by atoms with Crippen LogP contribution in [0.3, 0.4) is 0 Å². The lowest BCUT2D eigenvalue weighted by atomic mass is 9.99. The molecule has 2 atom stereocenters. The van der Waals surface area contributed by atoms with E-state index in [-0.39, 0.29) is 42.5 Å². The molecule has 0 bridgehead atoms. The molecule has 2 unspecified atom stereocenters. The number of aryl methyl sites for hydroxylation is 1. The lowest BCUT2D eigenvalue weighted by Crippen LogP contribution is -2.47. The summed E-state index contributed by atoms with van der Waals surface area (Å²) < 4.78 is 34.0. The first-order valence-electron chi connectivity index (χ1n) is 16.7. The summed E-state index contributed by atoms with van der Waals surface area (Å²) in [6.45, 7) is 8.22. The summed E-state index contributed by atoms with van der Waals surface area (Å²) in [5.41, 5.74) is 2.09. The van der Waals surface area contributed by atoms with Crippen LogP contribution in [0.1, 0.15) is 71.4 Å². The normalized spacial score (nSPS) is 13.9. The number of para-hydroxylation sites is 2. The third-order valence-electron chi connectivity index (χ3n) is 8.22. The average Bonchev–Trinajstić information content (AvgIpc) is 3.60. The molecule has 48 heavy (non-hydrogen) atoms. The maximum absolute atomic E-state index is 14.1. The van der Waals surface area contributed by atoms with Crippen LogP contribution in [0, 0.1) is 18.6 Å². The van der Waals surface area contributed by atoms with E-state index in [1.54, 1.807) is 53.1 Å². The molecule has 1 fully saturated rings. The van der Waals surface area contributed by atoms with Crippen molar-refractivity contribution >= 4 is 23.4 Å². The van der Waals surface area contributed by atoms with Crippen LogP contribution in [0.25, 0.3) is 0 Å². The van der Waals surface area contributed by atoms with Crippen molar-refractivity contribution in [2.45, 2.75) is 65.0 Å². The van der Waals surface area contributed by atoms with Gasteiger partial charge in [-0.2, -0.15) is 0 Å². The van der Waals surface area contributed by atoms with Crippen molar-refractivity contribution in [2.24, 2.45) is 0 Å². The zero-order chi connectivity index (χ0) is 34.6. The van der Waals surface area contributed by atoms with E-state index in [0.29, 0.717) is 48.7 Å². The molecule has 258 valence electrons. The van der Waals surface area contributed by atoms with Gasteiger partial charge in [-0.1, -0.05) is 26.0 Å². The number of hydrogen-bond acceptors (Lipinski definition) is 6. The molecule has 4 rings (SSSR count). The van der Waals surface area contributed by atoms with Gasteiger partial charge in [-0.3, -0.25) is 14.4 Å². The van der Waals surface area contributed by atoms with Gasteiger partial charge in [-0.25, -0.2) is 8.78 Å². The van der Waals surface area contributed by atoms with Gasteiger partial charge in [0.05, 0.1) is 17.8 Å². The van der Waals surface area contributed by atoms with Crippen molar-refractivity contribution in [3.8, 4) is 5.75 Å². The topological polar surface area (TPSA) is 111 Å². The molecular weight excluding hydrogens is 618 g/mol. The molecule has 1 saturated heterocycles. The molecule has 3 N–H and O–H groups in total. The zero-order valence-corrected chi connectivity index (χ0v) is 27.9. The van der Waals surface area contributed by atoms with Crippen LogP contribution in [0.5, 0.6) is 5.75 Å². The first-order valence-corrected chi connectivity index (χ1v) is 16.7. The first kappa shape index (κ1) is 36.3. The Morgan fingerprint density at radius 2 is 1.58 bits per heavy atom. The Hall–Kier alpha value is -4.51. The van der Waals surface area contributed by atoms with Gasteiger partial charge in [0.1, 0.15) is 17.4 Å². The van der Waals surface area contributed by atoms with Gasteiger partial charge < -0.3 is 30.3 Å². The number of hydrogen-bond donors (Lipinski definition) is 3. The smallest absolute Gasteiger partial charge is 0.260 e. The number of halogens is 2. The molecule has 9 nitrogen and oxygen atoms in total. The summed E-state index contributed by atoms with van der Waals surface area (Å²) in [4.78, 5) is 43.0. The second kappa shape index (κ2) is 17.6. The fourth-order valence-corrected chi connectivity index (χ4v) is 5.89. The number of carbonyl (C=O) groups excluding carboxylic acids is 3. The Morgan fingerprint density at radius 1 is 0.938 bits per heavy atom. The quantitative estimate of drug-likeness (QED) is 0.191. The fourth-order valence-electron chi connectivity index (χ4n) is 5.89. The Bertz CT molecular complexity index is 1540. The molecule has 1 heterocycles. The van der Waals surface area contributed by atoms with E-state index in [2.05, 4.69) is 10.6 Å². The molecule has 3 aromatic carbocycles. The van der Waals surface area contributed by atoms with Gasteiger partial charge in [0.25, 0.3) is 17.7 Å². The number of nitrogens with one attached hydrogen (secondary N) is 2. The predicted octanol–water partition coefficient (Wildman–Crippen LogP) is 5.35. The maximum Gasteiger partial charge on any atom is 0.260 e. The zero-order valence-electron chi connectivity index (χ0n) is 27.9. The molecule has 0 aliphatic carbocycles. The Balaban J connectivity index is 1.51. The van der Waals surface area contributed by atoms with E-state index in [0.717, 1.165) is 43.9 Å². The van der Waals surface area contributed by atoms with Gasteiger partial charge in [-0.15, -0.1) is 0 Å². The SMILES string of the molecule is CCCN(CCC)C(=O)c1cc(C)cc(C(=O)NC(Cc2cc(F)cc(F)c2)C(O)CNc2ccccc2OCC(=O)N2CCCC2)c1.